The number of anilines is 1. The van der Waals surface area contributed by atoms with Crippen LogP contribution in [0.25, 0.3) is 5.69 Å². The minimum atomic E-state index is -0.683. The van der Waals surface area contributed by atoms with Crippen LogP contribution in [0.4, 0.5) is 5.69 Å². The Morgan fingerprint density at radius 1 is 1.47 bits per heavy atom. The van der Waals surface area contributed by atoms with Crippen molar-refractivity contribution in [2.45, 2.75) is 25.3 Å². The molecule has 0 unspecified atom stereocenters. The number of nitrogens with one attached hydrogen (secondary N) is 1. The molecule has 1 fully saturated rings. The minimum absolute atomic E-state index is 0.135. The number of benzene rings is 1. The summed E-state index contributed by atoms with van der Waals surface area (Å²) < 4.78 is 1.53. The summed E-state index contributed by atoms with van der Waals surface area (Å²) in [5.74, 6) is -0.135. The lowest BCUT2D eigenvalue weighted by Crippen LogP contribution is -2.38. The number of amides is 1. The molecule has 0 radical (unpaired) electrons. The zero-order chi connectivity index (χ0) is 13.5. The average Bonchev–Trinajstić information content (AvgIpc) is 2.94. The first-order valence-electron chi connectivity index (χ1n) is 6.03. The molecule has 0 bridgehead atoms. The third-order valence-electron chi connectivity index (χ3n) is 3.32. The summed E-state index contributed by atoms with van der Waals surface area (Å²) in [4.78, 5) is 12.0. The predicted octanol–water partition coefficient (Wildman–Crippen LogP) is 0.401. The molecule has 1 saturated carbocycles. The maximum Gasteiger partial charge on any atom is 0.244 e. The van der Waals surface area contributed by atoms with Crippen molar-refractivity contribution in [3.63, 3.8) is 0 Å². The quantitative estimate of drug-likeness (QED) is 0.830. The van der Waals surface area contributed by atoms with E-state index in [1.54, 1.807) is 0 Å². The van der Waals surface area contributed by atoms with Crippen LogP contribution < -0.4 is 11.1 Å². The van der Waals surface area contributed by atoms with Gasteiger partial charge in [0.05, 0.1) is 11.2 Å². The van der Waals surface area contributed by atoms with E-state index in [4.69, 9.17) is 5.73 Å². The lowest BCUT2D eigenvalue weighted by molar-refractivity contribution is -0.118. The fraction of sp³-hybridized carbons (Fsp3) is 0.333. The van der Waals surface area contributed by atoms with Crippen LogP contribution in [0.2, 0.25) is 0 Å². The number of aryl methyl sites for hydroxylation is 1. The van der Waals surface area contributed by atoms with Crippen molar-refractivity contribution in [2.24, 2.45) is 5.73 Å². The fourth-order valence-corrected chi connectivity index (χ4v) is 1.78. The number of tetrazole rings is 1. The number of rotatable bonds is 3. The van der Waals surface area contributed by atoms with Crippen molar-refractivity contribution in [2.75, 3.05) is 5.32 Å². The average molecular weight is 258 g/mol. The molecular formula is C12H14N6O. The van der Waals surface area contributed by atoms with Crippen molar-refractivity contribution in [3.05, 3.63) is 30.1 Å². The highest BCUT2D eigenvalue weighted by atomic mass is 16.2. The number of nitrogens with two attached hydrogens (primary N) is 1. The maximum atomic E-state index is 12.0. The summed E-state index contributed by atoms with van der Waals surface area (Å²) in [6.07, 6.45) is 2.98. The van der Waals surface area contributed by atoms with Crippen LogP contribution in [0.3, 0.4) is 0 Å². The topological polar surface area (TPSA) is 98.7 Å². The molecule has 1 amide bonds. The molecule has 1 aliphatic rings. The Morgan fingerprint density at radius 2 is 2.26 bits per heavy atom. The summed E-state index contributed by atoms with van der Waals surface area (Å²) in [6, 6.07) is 5.62. The normalized spacial score (nSPS) is 16.1. The molecule has 98 valence electrons. The second kappa shape index (κ2) is 4.13. The SMILES string of the molecule is Cc1ccc(-n2cnnn2)cc1NC(=O)C1(N)CC1. The predicted molar refractivity (Wildman–Crippen MR) is 68.7 cm³/mol. The minimum Gasteiger partial charge on any atom is -0.324 e. The molecule has 3 rings (SSSR count). The zero-order valence-corrected chi connectivity index (χ0v) is 10.5. The van der Waals surface area contributed by atoms with E-state index < -0.39 is 5.54 Å². The number of carbonyl (C=O) groups is 1. The molecule has 3 N–H and O–H groups in total. The Balaban J connectivity index is 1.88. The molecule has 2 aromatic rings. The largest absolute Gasteiger partial charge is 0.324 e. The van der Waals surface area contributed by atoms with Crippen LogP contribution in [0, 0.1) is 6.92 Å². The van der Waals surface area contributed by atoms with Crippen molar-refractivity contribution in [3.8, 4) is 5.69 Å². The van der Waals surface area contributed by atoms with Gasteiger partial charge in [-0.15, -0.1) is 5.10 Å². The highest BCUT2D eigenvalue weighted by Gasteiger charge is 2.46. The van der Waals surface area contributed by atoms with Gasteiger partial charge >= 0.3 is 0 Å². The summed E-state index contributed by atoms with van der Waals surface area (Å²) in [5.41, 5.74) is 7.67. The van der Waals surface area contributed by atoms with Crippen molar-refractivity contribution < 1.29 is 4.79 Å². The first kappa shape index (κ1) is 11.8. The first-order valence-corrected chi connectivity index (χ1v) is 6.03. The third kappa shape index (κ3) is 2.19. The molecule has 7 heteroatoms. The van der Waals surface area contributed by atoms with E-state index in [-0.39, 0.29) is 5.91 Å². The van der Waals surface area contributed by atoms with E-state index in [1.165, 1.54) is 11.0 Å². The molecule has 0 spiro atoms. The number of nitrogens with zero attached hydrogens (tertiary/aromatic N) is 4. The highest BCUT2D eigenvalue weighted by molar-refractivity contribution is 6.00. The Kier molecular flexibility index (Phi) is 2.56. The van der Waals surface area contributed by atoms with Crippen LogP contribution >= 0.6 is 0 Å². The second-order valence-corrected chi connectivity index (χ2v) is 4.86. The van der Waals surface area contributed by atoms with Gasteiger partial charge in [-0.2, -0.15) is 0 Å². The van der Waals surface area contributed by atoms with E-state index in [1.807, 2.05) is 25.1 Å². The van der Waals surface area contributed by atoms with Gasteiger partial charge in [-0.3, -0.25) is 4.79 Å². The van der Waals surface area contributed by atoms with Gasteiger partial charge in [-0.1, -0.05) is 6.07 Å². The van der Waals surface area contributed by atoms with Gasteiger partial charge in [0, 0.05) is 5.69 Å². The molecule has 0 saturated heterocycles. The van der Waals surface area contributed by atoms with E-state index in [0.29, 0.717) is 0 Å². The first-order chi connectivity index (χ1) is 9.08. The van der Waals surface area contributed by atoms with Gasteiger partial charge in [-0.05, 0) is 47.9 Å². The highest BCUT2D eigenvalue weighted by Crippen LogP contribution is 2.33. The van der Waals surface area contributed by atoms with E-state index >= 15 is 0 Å². The van der Waals surface area contributed by atoms with Crippen LogP contribution in [0.1, 0.15) is 18.4 Å². The van der Waals surface area contributed by atoms with Gasteiger partial charge in [0.25, 0.3) is 0 Å². The molecule has 1 heterocycles. The molecule has 1 aromatic carbocycles. The van der Waals surface area contributed by atoms with Gasteiger partial charge in [0.1, 0.15) is 6.33 Å². The Hall–Kier alpha value is -2.28. The van der Waals surface area contributed by atoms with Crippen LogP contribution in [0.5, 0.6) is 0 Å². The zero-order valence-electron chi connectivity index (χ0n) is 10.5. The molecular weight excluding hydrogens is 244 g/mol. The van der Waals surface area contributed by atoms with Crippen molar-refractivity contribution >= 4 is 11.6 Å². The van der Waals surface area contributed by atoms with Gasteiger partial charge in [-0.25, -0.2) is 4.68 Å². The molecule has 0 aliphatic heterocycles. The molecule has 7 nitrogen and oxygen atoms in total. The summed E-state index contributed by atoms with van der Waals surface area (Å²) in [5, 5.41) is 13.9. The number of hydrogen-bond acceptors (Lipinski definition) is 5. The lowest BCUT2D eigenvalue weighted by atomic mass is 10.1. The summed E-state index contributed by atoms with van der Waals surface area (Å²) in [7, 11) is 0. The van der Waals surface area contributed by atoms with E-state index in [2.05, 4.69) is 20.8 Å². The molecule has 1 aromatic heterocycles. The van der Waals surface area contributed by atoms with E-state index in [0.717, 1.165) is 29.8 Å². The van der Waals surface area contributed by atoms with Gasteiger partial charge < -0.3 is 11.1 Å². The molecule has 0 atom stereocenters. The standard InChI is InChI=1S/C12H14N6O/c1-8-2-3-9(18-7-14-16-17-18)6-10(8)15-11(19)12(13)4-5-12/h2-3,6-7H,4-5,13H2,1H3,(H,15,19). The van der Waals surface area contributed by atoms with Crippen molar-refractivity contribution in [1.82, 2.24) is 20.2 Å². The Labute approximate surface area is 109 Å². The third-order valence-corrected chi connectivity index (χ3v) is 3.32. The van der Waals surface area contributed by atoms with Gasteiger partial charge in [0.2, 0.25) is 5.91 Å². The van der Waals surface area contributed by atoms with Gasteiger partial charge in [0.15, 0.2) is 0 Å². The summed E-state index contributed by atoms with van der Waals surface area (Å²) in [6.45, 7) is 1.93. The van der Waals surface area contributed by atoms with Crippen molar-refractivity contribution in [1.29, 1.82) is 0 Å². The van der Waals surface area contributed by atoms with Crippen LogP contribution in [-0.2, 0) is 4.79 Å². The fourth-order valence-electron chi connectivity index (χ4n) is 1.78. The van der Waals surface area contributed by atoms with E-state index in [9.17, 15) is 4.79 Å². The number of aromatic nitrogens is 4. The molecule has 1 aliphatic carbocycles. The Bertz CT molecular complexity index is 617. The van der Waals surface area contributed by atoms with Crippen LogP contribution in [0.15, 0.2) is 24.5 Å². The monoisotopic (exact) mass is 258 g/mol. The molecule has 19 heavy (non-hydrogen) atoms. The Morgan fingerprint density at radius 3 is 2.89 bits per heavy atom. The smallest absolute Gasteiger partial charge is 0.244 e. The maximum absolute atomic E-state index is 12.0. The lowest BCUT2D eigenvalue weighted by Gasteiger charge is -2.13. The van der Waals surface area contributed by atoms with Crippen LogP contribution in [-0.4, -0.2) is 31.7 Å². The second-order valence-electron chi connectivity index (χ2n) is 4.86. The number of carbonyl (C=O) groups excluding carboxylic acids is 1. The number of hydrogen-bond donors (Lipinski definition) is 2. The summed E-state index contributed by atoms with van der Waals surface area (Å²) >= 11 is 0.